The molecule has 1 aliphatic carbocycles. The Bertz CT molecular complexity index is 371. The molecular formula is C16H28N2O3. The molecule has 1 aliphatic heterocycles. The van der Waals surface area contributed by atoms with Crippen molar-refractivity contribution >= 4 is 12.0 Å². The Morgan fingerprint density at radius 2 is 1.95 bits per heavy atom. The lowest BCUT2D eigenvalue weighted by molar-refractivity contribution is -0.137. The van der Waals surface area contributed by atoms with Gasteiger partial charge in [-0.2, -0.15) is 0 Å². The second-order valence-corrected chi connectivity index (χ2v) is 6.67. The molecule has 2 fully saturated rings. The number of carboxylic acid groups (broad SMARTS) is 1. The van der Waals surface area contributed by atoms with Crippen molar-refractivity contribution in [3.63, 3.8) is 0 Å². The number of aliphatic carboxylic acids is 1. The number of nitrogens with zero attached hydrogens (tertiary/aromatic N) is 1. The molecule has 0 bridgehead atoms. The normalized spacial score (nSPS) is 26.8. The van der Waals surface area contributed by atoms with Gasteiger partial charge >= 0.3 is 12.0 Å². The van der Waals surface area contributed by atoms with Crippen LogP contribution in [-0.2, 0) is 4.79 Å². The lowest BCUT2D eigenvalue weighted by Gasteiger charge is -2.44. The number of urea groups is 1. The van der Waals surface area contributed by atoms with Crippen LogP contribution in [0, 0.1) is 11.8 Å². The molecule has 120 valence electrons. The van der Waals surface area contributed by atoms with Crippen LogP contribution in [0.4, 0.5) is 4.79 Å². The van der Waals surface area contributed by atoms with Gasteiger partial charge in [0.1, 0.15) is 0 Å². The summed E-state index contributed by atoms with van der Waals surface area (Å²) in [5, 5.41) is 11.7. The quantitative estimate of drug-likeness (QED) is 0.819. The van der Waals surface area contributed by atoms with Crippen LogP contribution >= 0.6 is 0 Å². The Morgan fingerprint density at radius 1 is 1.24 bits per heavy atom. The lowest BCUT2D eigenvalue weighted by atomic mass is 9.78. The highest BCUT2D eigenvalue weighted by Gasteiger charge is 2.35. The van der Waals surface area contributed by atoms with Gasteiger partial charge in [0.15, 0.2) is 0 Å². The Kier molecular flexibility index (Phi) is 5.88. The highest BCUT2D eigenvalue weighted by molar-refractivity contribution is 5.74. The van der Waals surface area contributed by atoms with Gasteiger partial charge in [0.2, 0.25) is 0 Å². The average Bonchev–Trinajstić information content (AvgIpc) is 2.50. The maximum absolute atomic E-state index is 12.4. The Labute approximate surface area is 127 Å². The Hall–Kier alpha value is -1.26. The van der Waals surface area contributed by atoms with Gasteiger partial charge in [-0.05, 0) is 43.9 Å². The van der Waals surface area contributed by atoms with Gasteiger partial charge in [-0.25, -0.2) is 4.79 Å². The summed E-state index contributed by atoms with van der Waals surface area (Å²) in [4.78, 5) is 25.0. The van der Waals surface area contributed by atoms with Crippen LogP contribution in [0.2, 0.25) is 0 Å². The first-order chi connectivity index (χ1) is 10.1. The van der Waals surface area contributed by atoms with Crippen molar-refractivity contribution in [2.45, 2.75) is 64.3 Å². The molecule has 0 aromatic heterocycles. The summed E-state index contributed by atoms with van der Waals surface area (Å²) in [5.74, 6) is 0.133. The standard InChI is InChI=1S/C16H28N2O3/c1-12(8-9-15(19)20)11-17-16(21)18-10-4-6-13-5-2-3-7-14(13)18/h12-14H,2-11H2,1H3,(H,17,21)(H,19,20)/t12?,13-,14-/m1/s1. The molecule has 5 nitrogen and oxygen atoms in total. The molecule has 0 spiro atoms. The molecule has 2 N–H and O–H groups in total. The fraction of sp³-hybridized carbons (Fsp3) is 0.875. The van der Waals surface area contributed by atoms with E-state index in [0.29, 0.717) is 24.9 Å². The van der Waals surface area contributed by atoms with E-state index in [1.165, 1.54) is 25.7 Å². The van der Waals surface area contributed by atoms with Crippen molar-refractivity contribution in [2.75, 3.05) is 13.1 Å². The molecule has 1 unspecified atom stereocenters. The molecule has 0 aromatic carbocycles. The summed E-state index contributed by atoms with van der Waals surface area (Å²) in [6, 6.07) is 0.482. The van der Waals surface area contributed by atoms with E-state index >= 15 is 0 Å². The summed E-state index contributed by atoms with van der Waals surface area (Å²) < 4.78 is 0. The topological polar surface area (TPSA) is 69.6 Å². The van der Waals surface area contributed by atoms with E-state index < -0.39 is 5.97 Å². The van der Waals surface area contributed by atoms with E-state index in [2.05, 4.69) is 5.32 Å². The number of rotatable bonds is 5. The van der Waals surface area contributed by atoms with Crippen molar-refractivity contribution in [2.24, 2.45) is 11.8 Å². The van der Waals surface area contributed by atoms with Gasteiger partial charge in [-0.15, -0.1) is 0 Å². The highest BCUT2D eigenvalue weighted by atomic mass is 16.4. The number of carbonyl (C=O) groups is 2. The molecule has 1 saturated heterocycles. The van der Waals surface area contributed by atoms with E-state index in [1.54, 1.807) is 0 Å². The van der Waals surface area contributed by atoms with Gasteiger partial charge in [0.25, 0.3) is 0 Å². The van der Waals surface area contributed by atoms with Crippen molar-refractivity contribution in [1.82, 2.24) is 10.2 Å². The third kappa shape index (κ3) is 4.61. The van der Waals surface area contributed by atoms with Crippen molar-refractivity contribution in [1.29, 1.82) is 0 Å². The minimum atomic E-state index is -0.769. The van der Waals surface area contributed by atoms with E-state index in [0.717, 1.165) is 19.4 Å². The van der Waals surface area contributed by atoms with Gasteiger partial charge < -0.3 is 15.3 Å². The zero-order chi connectivity index (χ0) is 15.2. The summed E-state index contributed by atoms with van der Waals surface area (Å²) >= 11 is 0. The molecule has 1 heterocycles. The van der Waals surface area contributed by atoms with E-state index in [4.69, 9.17) is 5.11 Å². The second-order valence-electron chi connectivity index (χ2n) is 6.67. The average molecular weight is 296 g/mol. The maximum atomic E-state index is 12.4. The minimum absolute atomic E-state index is 0.0498. The summed E-state index contributed by atoms with van der Waals surface area (Å²) in [5.41, 5.74) is 0. The van der Waals surface area contributed by atoms with Crippen molar-refractivity contribution in [3.8, 4) is 0 Å². The number of likely N-dealkylation sites (tertiary alicyclic amines) is 1. The molecule has 2 aliphatic rings. The molecular weight excluding hydrogens is 268 g/mol. The van der Waals surface area contributed by atoms with Crippen LogP contribution in [0.1, 0.15) is 58.3 Å². The van der Waals surface area contributed by atoms with E-state index in [-0.39, 0.29) is 18.4 Å². The van der Waals surface area contributed by atoms with Crippen molar-refractivity contribution < 1.29 is 14.7 Å². The number of hydrogen-bond donors (Lipinski definition) is 2. The molecule has 0 radical (unpaired) electrons. The zero-order valence-electron chi connectivity index (χ0n) is 13.0. The van der Waals surface area contributed by atoms with Crippen LogP contribution in [0.5, 0.6) is 0 Å². The Morgan fingerprint density at radius 3 is 2.71 bits per heavy atom. The van der Waals surface area contributed by atoms with Crippen LogP contribution in [0.25, 0.3) is 0 Å². The summed E-state index contributed by atoms with van der Waals surface area (Å²) in [6.45, 7) is 3.43. The fourth-order valence-corrected chi connectivity index (χ4v) is 3.71. The first-order valence-electron chi connectivity index (χ1n) is 8.34. The molecule has 5 heteroatoms. The predicted octanol–water partition coefficient (Wildman–Crippen LogP) is 2.85. The Balaban J connectivity index is 1.77. The van der Waals surface area contributed by atoms with Crippen molar-refractivity contribution in [3.05, 3.63) is 0 Å². The van der Waals surface area contributed by atoms with Gasteiger partial charge in [0.05, 0.1) is 0 Å². The van der Waals surface area contributed by atoms with E-state index in [1.807, 2.05) is 11.8 Å². The van der Waals surface area contributed by atoms with Crippen LogP contribution < -0.4 is 5.32 Å². The monoisotopic (exact) mass is 296 g/mol. The smallest absolute Gasteiger partial charge is 0.317 e. The SMILES string of the molecule is CC(CCC(=O)O)CNC(=O)N1CCC[C@H]2CCCC[C@H]21. The highest BCUT2D eigenvalue weighted by Crippen LogP contribution is 2.35. The zero-order valence-corrected chi connectivity index (χ0v) is 13.0. The minimum Gasteiger partial charge on any atom is -0.481 e. The fourth-order valence-electron chi connectivity index (χ4n) is 3.71. The molecule has 21 heavy (non-hydrogen) atoms. The maximum Gasteiger partial charge on any atom is 0.317 e. The largest absolute Gasteiger partial charge is 0.481 e. The number of piperidine rings is 1. The summed E-state index contributed by atoms with van der Waals surface area (Å²) in [7, 11) is 0. The number of amides is 2. The third-order valence-corrected chi connectivity index (χ3v) is 4.96. The van der Waals surface area contributed by atoms with Crippen LogP contribution in [0.15, 0.2) is 0 Å². The second kappa shape index (κ2) is 7.66. The summed E-state index contributed by atoms with van der Waals surface area (Å²) in [6.07, 6.45) is 8.12. The number of hydrogen-bond acceptors (Lipinski definition) is 2. The van der Waals surface area contributed by atoms with Gasteiger partial charge in [0, 0.05) is 25.6 Å². The third-order valence-electron chi connectivity index (χ3n) is 4.96. The predicted molar refractivity (Wildman–Crippen MR) is 81.1 cm³/mol. The van der Waals surface area contributed by atoms with Crippen LogP contribution in [-0.4, -0.2) is 41.1 Å². The molecule has 2 rings (SSSR count). The number of fused-ring (bicyclic) bond motifs is 1. The lowest BCUT2D eigenvalue weighted by Crippen LogP contribution is -2.53. The molecule has 1 saturated carbocycles. The van der Waals surface area contributed by atoms with Crippen LogP contribution in [0.3, 0.4) is 0 Å². The number of nitrogens with one attached hydrogen (secondary N) is 1. The molecule has 3 atom stereocenters. The molecule has 0 aromatic rings. The van der Waals surface area contributed by atoms with E-state index in [9.17, 15) is 9.59 Å². The first-order valence-corrected chi connectivity index (χ1v) is 8.34. The number of carbonyl (C=O) groups excluding carboxylic acids is 1. The van der Waals surface area contributed by atoms with Gasteiger partial charge in [-0.1, -0.05) is 19.8 Å². The first kappa shape index (κ1) is 16.1. The van der Waals surface area contributed by atoms with Gasteiger partial charge in [-0.3, -0.25) is 4.79 Å². The molecule has 2 amide bonds. The number of carboxylic acids is 1.